The number of H-pyrrole nitrogens is 1. The second-order valence-corrected chi connectivity index (χ2v) is 8.59. The average molecular weight is 457 g/mol. The number of fused-ring (bicyclic) bond motifs is 1. The van der Waals surface area contributed by atoms with Crippen molar-refractivity contribution in [1.82, 2.24) is 20.4 Å². The summed E-state index contributed by atoms with van der Waals surface area (Å²) in [5.74, 6) is -0.789. The Labute approximate surface area is 191 Å². The summed E-state index contributed by atoms with van der Waals surface area (Å²) in [7, 11) is 0. The van der Waals surface area contributed by atoms with Gasteiger partial charge in [0.25, 0.3) is 11.5 Å². The van der Waals surface area contributed by atoms with E-state index in [0.717, 1.165) is 10.9 Å². The molecule has 5 rings (SSSR count). The molecule has 6 nitrogen and oxygen atoms in total. The van der Waals surface area contributed by atoms with Gasteiger partial charge in [0.2, 0.25) is 0 Å². The standard InChI is InChI=1S/C24H25FN4O2.ClH/c25-21-10-9-15(12-22-18-7-3-4-8-19(18)23(30)28-27-22)11-20(21)24(31)29-13-17(14-29)26-16-5-1-2-6-16;/h3-4,7-11,16-17,26H,1-2,5-6,12-14H2,(H,28,30);1H. The minimum atomic E-state index is -0.514. The number of carbonyl (C=O) groups excluding carboxylic acids is 1. The Balaban J connectivity index is 0.00000245. The van der Waals surface area contributed by atoms with Gasteiger partial charge in [-0.05, 0) is 36.6 Å². The number of likely N-dealkylation sites (tertiary alicyclic amines) is 1. The minimum absolute atomic E-state index is 0. The molecule has 0 atom stereocenters. The molecule has 0 spiro atoms. The zero-order chi connectivity index (χ0) is 21.4. The third kappa shape index (κ3) is 4.40. The Morgan fingerprint density at radius 1 is 1.09 bits per heavy atom. The summed E-state index contributed by atoms with van der Waals surface area (Å²) in [4.78, 5) is 26.6. The van der Waals surface area contributed by atoms with Gasteiger partial charge in [-0.25, -0.2) is 9.49 Å². The molecule has 3 aromatic rings. The third-order valence-corrected chi connectivity index (χ3v) is 6.40. The fourth-order valence-electron chi connectivity index (χ4n) is 4.69. The van der Waals surface area contributed by atoms with Crippen molar-refractivity contribution in [3.63, 3.8) is 0 Å². The van der Waals surface area contributed by atoms with Crippen molar-refractivity contribution < 1.29 is 9.18 Å². The minimum Gasteiger partial charge on any atom is -0.335 e. The molecule has 2 aliphatic rings. The third-order valence-electron chi connectivity index (χ3n) is 6.40. The van der Waals surface area contributed by atoms with Crippen molar-refractivity contribution in [1.29, 1.82) is 0 Å². The summed E-state index contributed by atoms with van der Waals surface area (Å²) in [6.07, 6.45) is 5.34. The summed E-state index contributed by atoms with van der Waals surface area (Å²) >= 11 is 0. The Bertz CT molecular complexity index is 1190. The molecule has 1 aromatic heterocycles. The fraction of sp³-hybridized carbons (Fsp3) is 0.375. The largest absolute Gasteiger partial charge is 0.335 e. The zero-order valence-electron chi connectivity index (χ0n) is 17.6. The Kier molecular flexibility index (Phi) is 6.58. The average Bonchev–Trinajstić information content (AvgIpc) is 3.27. The first kappa shape index (κ1) is 22.4. The number of rotatable bonds is 5. The number of carbonyl (C=O) groups is 1. The highest BCUT2D eigenvalue weighted by atomic mass is 35.5. The van der Waals surface area contributed by atoms with Crippen LogP contribution >= 0.6 is 12.4 Å². The maximum absolute atomic E-state index is 14.5. The van der Waals surface area contributed by atoms with Crippen molar-refractivity contribution in [2.24, 2.45) is 0 Å². The molecule has 0 unspecified atom stereocenters. The van der Waals surface area contributed by atoms with Crippen LogP contribution < -0.4 is 10.9 Å². The molecule has 168 valence electrons. The van der Waals surface area contributed by atoms with Crippen LogP contribution in [0.3, 0.4) is 0 Å². The predicted octanol–water partition coefficient (Wildman–Crippen LogP) is 3.43. The van der Waals surface area contributed by atoms with Gasteiger partial charge in [0.1, 0.15) is 5.82 Å². The van der Waals surface area contributed by atoms with E-state index in [2.05, 4.69) is 15.5 Å². The lowest BCUT2D eigenvalue weighted by molar-refractivity contribution is 0.0548. The first-order chi connectivity index (χ1) is 15.1. The molecule has 8 heteroatoms. The van der Waals surface area contributed by atoms with Gasteiger partial charge in [-0.3, -0.25) is 9.59 Å². The van der Waals surface area contributed by atoms with Crippen molar-refractivity contribution in [2.75, 3.05) is 13.1 Å². The van der Waals surface area contributed by atoms with Crippen LogP contribution in [0, 0.1) is 5.82 Å². The molecular formula is C24H26ClFN4O2. The smallest absolute Gasteiger partial charge is 0.272 e. The van der Waals surface area contributed by atoms with Crippen molar-refractivity contribution in [3.8, 4) is 0 Å². The Hall–Kier alpha value is -2.77. The van der Waals surface area contributed by atoms with E-state index < -0.39 is 5.82 Å². The quantitative estimate of drug-likeness (QED) is 0.616. The van der Waals surface area contributed by atoms with Crippen LogP contribution in [0.2, 0.25) is 0 Å². The lowest BCUT2D eigenvalue weighted by Gasteiger charge is -2.41. The number of halogens is 2. The molecule has 1 saturated heterocycles. The van der Waals surface area contributed by atoms with Crippen LogP contribution in [0.1, 0.15) is 47.3 Å². The van der Waals surface area contributed by atoms with Crippen LogP contribution in [-0.4, -0.2) is 46.2 Å². The van der Waals surface area contributed by atoms with Crippen molar-refractivity contribution >= 4 is 29.1 Å². The SMILES string of the molecule is Cl.O=C(c1cc(Cc2n[nH]c(=O)c3ccccc23)ccc1F)N1CC(NC2CCCC2)C1. The Morgan fingerprint density at radius 3 is 2.56 bits per heavy atom. The van der Waals surface area contributed by atoms with Gasteiger partial charge < -0.3 is 10.2 Å². The maximum Gasteiger partial charge on any atom is 0.272 e. The molecular weight excluding hydrogens is 431 g/mol. The van der Waals surface area contributed by atoms with E-state index in [-0.39, 0.29) is 29.4 Å². The van der Waals surface area contributed by atoms with Gasteiger partial charge in [0.05, 0.1) is 16.6 Å². The molecule has 2 heterocycles. The van der Waals surface area contributed by atoms with Crippen LogP contribution in [-0.2, 0) is 6.42 Å². The molecule has 1 aliphatic carbocycles. The molecule has 0 radical (unpaired) electrons. The lowest BCUT2D eigenvalue weighted by atomic mass is 10.0. The van der Waals surface area contributed by atoms with E-state index in [1.165, 1.54) is 31.7 Å². The number of nitrogens with zero attached hydrogens (tertiary/aromatic N) is 2. The second-order valence-electron chi connectivity index (χ2n) is 8.59. The summed E-state index contributed by atoms with van der Waals surface area (Å²) in [6, 6.07) is 12.7. The zero-order valence-corrected chi connectivity index (χ0v) is 18.5. The van der Waals surface area contributed by atoms with Crippen LogP contribution in [0.5, 0.6) is 0 Å². The molecule has 2 N–H and O–H groups in total. The van der Waals surface area contributed by atoms with Gasteiger partial charge in [-0.2, -0.15) is 5.10 Å². The number of benzene rings is 2. The first-order valence-corrected chi connectivity index (χ1v) is 10.9. The number of amides is 1. The number of hydrogen-bond donors (Lipinski definition) is 2. The first-order valence-electron chi connectivity index (χ1n) is 10.9. The number of hydrogen-bond acceptors (Lipinski definition) is 4. The monoisotopic (exact) mass is 456 g/mol. The highest BCUT2D eigenvalue weighted by Gasteiger charge is 2.34. The van der Waals surface area contributed by atoms with Gasteiger partial charge in [-0.1, -0.05) is 37.1 Å². The second kappa shape index (κ2) is 9.38. The van der Waals surface area contributed by atoms with Crippen LogP contribution in [0.4, 0.5) is 4.39 Å². The van der Waals surface area contributed by atoms with Gasteiger partial charge >= 0.3 is 0 Å². The molecule has 2 fully saturated rings. The van der Waals surface area contributed by atoms with E-state index in [1.807, 2.05) is 12.1 Å². The normalized spacial score (nSPS) is 16.7. The van der Waals surface area contributed by atoms with Crippen LogP contribution in [0.15, 0.2) is 47.3 Å². The lowest BCUT2D eigenvalue weighted by Crippen LogP contribution is -2.61. The molecule has 2 aromatic carbocycles. The number of aromatic nitrogens is 2. The van der Waals surface area contributed by atoms with E-state index in [4.69, 9.17) is 0 Å². The van der Waals surface area contributed by atoms with E-state index in [9.17, 15) is 14.0 Å². The van der Waals surface area contributed by atoms with Crippen LogP contribution in [0.25, 0.3) is 10.8 Å². The molecule has 1 amide bonds. The highest BCUT2D eigenvalue weighted by Crippen LogP contribution is 2.23. The van der Waals surface area contributed by atoms with E-state index in [0.29, 0.717) is 42.7 Å². The molecule has 1 aliphatic heterocycles. The summed E-state index contributed by atoms with van der Waals surface area (Å²) in [5, 5.41) is 11.6. The van der Waals surface area contributed by atoms with Gasteiger partial charge in [0.15, 0.2) is 0 Å². The fourth-order valence-corrected chi connectivity index (χ4v) is 4.69. The van der Waals surface area contributed by atoms with Crippen molar-refractivity contribution in [2.45, 2.75) is 44.2 Å². The molecule has 0 bridgehead atoms. The van der Waals surface area contributed by atoms with E-state index >= 15 is 0 Å². The molecule has 32 heavy (non-hydrogen) atoms. The van der Waals surface area contributed by atoms with E-state index in [1.54, 1.807) is 29.2 Å². The summed E-state index contributed by atoms with van der Waals surface area (Å²) < 4.78 is 14.5. The van der Waals surface area contributed by atoms with Crippen molar-refractivity contribution in [3.05, 3.63) is 75.5 Å². The highest BCUT2D eigenvalue weighted by molar-refractivity contribution is 5.95. The topological polar surface area (TPSA) is 78.1 Å². The van der Waals surface area contributed by atoms with Gasteiger partial charge in [0, 0.05) is 37.0 Å². The number of aromatic amines is 1. The maximum atomic E-state index is 14.5. The summed E-state index contributed by atoms with van der Waals surface area (Å²) in [6.45, 7) is 1.23. The Morgan fingerprint density at radius 2 is 1.81 bits per heavy atom. The number of nitrogens with one attached hydrogen (secondary N) is 2. The van der Waals surface area contributed by atoms with Gasteiger partial charge in [-0.15, -0.1) is 12.4 Å². The molecule has 1 saturated carbocycles. The predicted molar refractivity (Wildman–Crippen MR) is 124 cm³/mol. The summed E-state index contributed by atoms with van der Waals surface area (Å²) in [5.41, 5.74) is 1.30.